The molecule has 0 aliphatic heterocycles. The number of benzene rings is 1. The molecule has 0 radical (unpaired) electrons. The van der Waals surface area contributed by atoms with Crippen LogP contribution >= 0.6 is 0 Å². The first-order valence-corrected chi connectivity index (χ1v) is 8.93. The van der Waals surface area contributed by atoms with E-state index >= 15 is 0 Å². The molecule has 0 bridgehead atoms. The van der Waals surface area contributed by atoms with E-state index in [0.717, 1.165) is 5.69 Å². The first-order chi connectivity index (χ1) is 11.5. The van der Waals surface area contributed by atoms with E-state index < -0.39 is 6.10 Å². The smallest absolute Gasteiger partial charge is 0.221 e. The van der Waals surface area contributed by atoms with Gasteiger partial charge in [0.15, 0.2) is 0 Å². The highest BCUT2D eigenvalue weighted by atomic mass is 16.5. The predicted octanol–water partition coefficient (Wildman–Crippen LogP) is 3.04. The number of ether oxygens (including phenoxy) is 1. The van der Waals surface area contributed by atoms with Crippen LogP contribution < -0.4 is 10.1 Å². The zero-order valence-corrected chi connectivity index (χ0v) is 14.8. The van der Waals surface area contributed by atoms with Crippen molar-refractivity contribution in [2.24, 2.45) is 0 Å². The number of likely N-dealkylation sites (N-methyl/N-ethyl adjacent to an activating group) is 1. The number of amides is 1. The number of nitrogens with one attached hydrogen (secondary N) is 1. The van der Waals surface area contributed by atoms with Gasteiger partial charge in [0.05, 0.1) is 0 Å². The fourth-order valence-electron chi connectivity index (χ4n) is 3.26. The third kappa shape index (κ3) is 6.49. The maximum atomic E-state index is 11.0. The number of rotatable bonds is 7. The fourth-order valence-corrected chi connectivity index (χ4v) is 3.26. The largest absolute Gasteiger partial charge is 0.491 e. The van der Waals surface area contributed by atoms with Crippen LogP contribution in [0, 0.1) is 0 Å². The topological polar surface area (TPSA) is 61.8 Å². The molecule has 1 aromatic rings. The van der Waals surface area contributed by atoms with E-state index in [-0.39, 0.29) is 12.5 Å². The number of anilines is 1. The van der Waals surface area contributed by atoms with Crippen molar-refractivity contribution in [2.75, 3.05) is 25.5 Å². The maximum absolute atomic E-state index is 11.0. The number of hydrogen-bond donors (Lipinski definition) is 2. The Balaban J connectivity index is 1.73. The van der Waals surface area contributed by atoms with E-state index in [0.29, 0.717) is 18.3 Å². The van der Waals surface area contributed by atoms with Crippen LogP contribution in [0.5, 0.6) is 5.75 Å². The Labute approximate surface area is 145 Å². The van der Waals surface area contributed by atoms with Crippen LogP contribution in [-0.2, 0) is 4.79 Å². The molecule has 1 atom stereocenters. The Hall–Kier alpha value is -1.59. The second-order valence-corrected chi connectivity index (χ2v) is 6.76. The second-order valence-electron chi connectivity index (χ2n) is 6.76. The molecular weight excluding hydrogens is 304 g/mol. The van der Waals surface area contributed by atoms with Gasteiger partial charge in [-0.1, -0.05) is 25.7 Å². The number of aliphatic hydroxyl groups excluding tert-OH is 1. The van der Waals surface area contributed by atoms with Crippen molar-refractivity contribution in [3.8, 4) is 5.75 Å². The lowest BCUT2D eigenvalue weighted by molar-refractivity contribution is -0.114. The van der Waals surface area contributed by atoms with Crippen LogP contribution in [0.15, 0.2) is 24.3 Å². The van der Waals surface area contributed by atoms with E-state index in [1.165, 1.54) is 45.4 Å². The van der Waals surface area contributed by atoms with Gasteiger partial charge in [-0.05, 0) is 44.2 Å². The summed E-state index contributed by atoms with van der Waals surface area (Å²) in [5.74, 6) is 0.598. The molecule has 1 fully saturated rings. The summed E-state index contributed by atoms with van der Waals surface area (Å²) < 4.78 is 5.65. The monoisotopic (exact) mass is 334 g/mol. The van der Waals surface area contributed by atoms with Crippen LogP contribution in [0.1, 0.15) is 45.4 Å². The SMILES string of the molecule is CC(=O)Nc1ccc(OCC(O)CN(C)C2CCCCCC2)cc1. The van der Waals surface area contributed by atoms with Crippen molar-refractivity contribution in [1.82, 2.24) is 4.90 Å². The zero-order valence-electron chi connectivity index (χ0n) is 14.8. The van der Waals surface area contributed by atoms with Crippen molar-refractivity contribution in [1.29, 1.82) is 0 Å². The molecule has 2 N–H and O–H groups in total. The maximum Gasteiger partial charge on any atom is 0.221 e. The van der Waals surface area contributed by atoms with Gasteiger partial charge in [-0.3, -0.25) is 4.79 Å². The standard InChI is InChI=1S/C19H30N2O3/c1-15(22)20-16-9-11-19(12-10-16)24-14-18(23)13-21(2)17-7-5-3-4-6-8-17/h9-12,17-18,23H,3-8,13-14H2,1-2H3,(H,20,22). The molecule has 0 spiro atoms. The molecule has 0 saturated heterocycles. The highest BCUT2D eigenvalue weighted by Gasteiger charge is 2.19. The first kappa shape index (κ1) is 18.7. The summed E-state index contributed by atoms with van der Waals surface area (Å²) in [7, 11) is 2.10. The lowest BCUT2D eigenvalue weighted by Gasteiger charge is -2.29. The fraction of sp³-hybridized carbons (Fsp3) is 0.632. The highest BCUT2D eigenvalue weighted by molar-refractivity contribution is 5.88. The minimum absolute atomic E-state index is 0.0966. The van der Waals surface area contributed by atoms with E-state index in [4.69, 9.17) is 4.74 Å². The summed E-state index contributed by atoms with van der Waals surface area (Å²) in [5, 5.41) is 12.9. The summed E-state index contributed by atoms with van der Waals surface area (Å²) in [4.78, 5) is 13.3. The number of nitrogens with zero attached hydrogens (tertiary/aromatic N) is 1. The normalized spacial score (nSPS) is 17.3. The van der Waals surface area contributed by atoms with Crippen LogP contribution in [0.25, 0.3) is 0 Å². The Morgan fingerprint density at radius 3 is 2.46 bits per heavy atom. The quantitative estimate of drug-likeness (QED) is 0.753. The van der Waals surface area contributed by atoms with Gasteiger partial charge in [0.25, 0.3) is 0 Å². The molecule has 1 saturated carbocycles. The second kappa shape index (κ2) is 9.64. The highest BCUT2D eigenvalue weighted by Crippen LogP contribution is 2.21. The Bertz CT molecular complexity index is 496. The molecule has 1 amide bonds. The Morgan fingerprint density at radius 2 is 1.88 bits per heavy atom. The van der Waals surface area contributed by atoms with Crippen molar-refractivity contribution in [3.63, 3.8) is 0 Å². The van der Waals surface area contributed by atoms with Gasteiger partial charge in [-0.25, -0.2) is 0 Å². The van der Waals surface area contributed by atoms with Gasteiger partial charge in [-0.2, -0.15) is 0 Å². The van der Waals surface area contributed by atoms with Crippen molar-refractivity contribution < 1.29 is 14.6 Å². The van der Waals surface area contributed by atoms with Gasteiger partial charge in [0, 0.05) is 25.2 Å². The molecule has 1 aromatic carbocycles. The molecular formula is C19H30N2O3. The summed E-state index contributed by atoms with van der Waals surface area (Å²) >= 11 is 0. The number of aliphatic hydroxyl groups is 1. The number of carbonyl (C=O) groups excluding carboxylic acids is 1. The van der Waals surface area contributed by atoms with Gasteiger partial charge in [0.1, 0.15) is 18.5 Å². The summed E-state index contributed by atoms with van der Waals surface area (Å²) in [6.45, 7) is 2.39. The molecule has 1 aliphatic rings. The third-order valence-electron chi connectivity index (χ3n) is 4.56. The molecule has 24 heavy (non-hydrogen) atoms. The van der Waals surface area contributed by atoms with Crippen molar-refractivity contribution in [3.05, 3.63) is 24.3 Å². The van der Waals surface area contributed by atoms with Crippen molar-refractivity contribution in [2.45, 2.75) is 57.6 Å². The van der Waals surface area contributed by atoms with Gasteiger partial charge in [0.2, 0.25) is 5.91 Å². The van der Waals surface area contributed by atoms with E-state index in [1.807, 2.05) is 0 Å². The average Bonchev–Trinajstić information content (AvgIpc) is 2.83. The van der Waals surface area contributed by atoms with Crippen LogP contribution in [0.3, 0.4) is 0 Å². The summed E-state index contributed by atoms with van der Waals surface area (Å²) in [6.07, 6.45) is 7.22. The van der Waals surface area contributed by atoms with Crippen molar-refractivity contribution >= 4 is 11.6 Å². The van der Waals surface area contributed by atoms with E-state index in [1.54, 1.807) is 24.3 Å². The van der Waals surface area contributed by atoms with Crippen LogP contribution in [0.4, 0.5) is 5.69 Å². The van der Waals surface area contributed by atoms with Crippen LogP contribution in [0.2, 0.25) is 0 Å². The zero-order chi connectivity index (χ0) is 17.4. The van der Waals surface area contributed by atoms with Gasteiger partial charge < -0.3 is 20.1 Å². The molecule has 0 aromatic heterocycles. The molecule has 1 unspecified atom stereocenters. The van der Waals surface area contributed by atoms with E-state index in [9.17, 15) is 9.90 Å². The number of hydrogen-bond acceptors (Lipinski definition) is 4. The predicted molar refractivity (Wildman–Crippen MR) is 96.4 cm³/mol. The van der Waals surface area contributed by atoms with Gasteiger partial charge in [-0.15, -0.1) is 0 Å². The van der Waals surface area contributed by atoms with E-state index in [2.05, 4.69) is 17.3 Å². The molecule has 2 rings (SSSR count). The third-order valence-corrected chi connectivity index (χ3v) is 4.56. The minimum Gasteiger partial charge on any atom is -0.491 e. The minimum atomic E-state index is -0.506. The molecule has 5 heteroatoms. The Morgan fingerprint density at radius 1 is 1.25 bits per heavy atom. The number of carbonyl (C=O) groups is 1. The molecule has 1 aliphatic carbocycles. The van der Waals surface area contributed by atoms with Crippen LogP contribution in [-0.4, -0.2) is 48.3 Å². The average molecular weight is 334 g/mol. The van der Waals surface area contributed by atoms with Gasteiger partial charge >= 0.3 is 0 Å². The summed E-state index contributed by atoms with van der Waals surface area (Å²) in [6, 6.07) is 7.76. The summed E-state index contributed by atoms with van der Waals surface area (Å²) in [5.41, 5.74) is 0.739. The Kier molecular flexibility index (Phi) is 7.53. The molecule has 5 nitrogen and oxygen atoms in total. The lowest BCUT2D eigenvalue weighted by Crippen LogP contribution is -2.39. The molecule has 134 valence electrons. The first-order valence-electron chi connectivity index (χ1n) is 8.93. The molecule has 0 heterocycles. The lowest BCUT2D eigenvalue weighted by atomic mass is 10.1.